The molecule has 0 aliphatic carbocycles. The zero-order chi connectivity index (χ0) is 47.1. The van der Waals surface area contributed by atoms with Gasteiger partial charge in [-0.1, -0.05) is 0 Å². The molecular formula is C24H76O20Si17. The van der Waals surface area contributed by atoms with E-state index in [9.17, 15) is 0 Å². The normalized spacial score (nSPS) is 36.8. The van der Waals surface area contributed by atoms with Crippen LogP contribution in [0.25, 0.3) is 0 Å². The number of fused-ring (bicyclic) bond motifs is 4. The van der Waals surface area contributed by atoms with Crippen LogP contribution in [-0.4, -0.2) is 150 Å². The molecule has 0 spiro atoms. The quantitative estimate of drug-likeness (QED) is 0.165. The van der Waals surface area contributed by atoms with E-state index in [1.54, 1.807) is 0 Å². The minimum Gasteiger partial charge on any atom is -0.441 e. The van der Waals surface area contributed by atoms with Gasteiger partial charge in [-0.2, -0.15) is 0 Å². The van der Waals surface area contributed by atoms with Gasteiger partial charge in [0, 0.05) is 0 Å². The van der Waals surface area contributed by atoms with Gasteiger partial charge in [-0.25, -0.2) is 0 Å². The van der Waals surface area contributed by atoms with Crippen molar-refractivity contribution in [3.8, 4) is 0 Å². The first-order valence-electron chi connectivity index (χ1n) is 20.5. The molecule has 37 heteroatoms. The average Bonchev–Trinajstić information content (AvgIpc) is 2.81. The molecule has 6 bridgehead atoms. The van der Waals surface area contributed by atoms with E-state index in [1.807, 2.05) is 137 Å². The maximum atomic E-state index is 7.41. The van der Waals surface area contributed by atoms with Crippen LogP contribution in [-0.2, 0) is 82.3 Å². The molecule has 4 aliphatic heterocycles. The molecule has 0 N–H and O–H groups in total. The van der Waals surface area contributed by atoms with Crippen molar-refractivity contribution in [1.82, 2.24) is 0 Å². The molecule has 0 saturated carbocycles. The van der Waals surface area contributed by atoms with Crippen LogP contribution in [0, 0.1) is 0 Å². The maximum Gasteiger partial charge on any atom is 0.651 e. The zero-order valence-electron chi connectivity index (χ0n) is 41.1. The van der Waals surface area contributed by atoms with Crippen LogP contribution in [0.4, 0.5) is 0 Å². The fourth-order valence-corrected chi connectivity index (χ4v) is 66.9. The summed E-state index contributed by atoms with van der Waals surface area (Å²) >= 11 is 0. The standard InChI is InChI=1S/C24H76O20Si17/c1-47(2,3)25-45-26-55(29-48(4,5)6)36-58(32-51(13,14)15)38-56(30-49(7,8)9)27-46-28-57(31-50(10,11)12)39-59(37-55,33-52(16,17)18)43-61(42-58,35-54(22,23)24)44-60(40-56,41-57)34-53(19,20)21/h45-46H2,1-24H3. The molecule has 0 aromatic rings. The molecule has 0 amide bonds. The van der Waals surface area contributed by atoms with Crippen LogP contribution >= 0.6 is 0 Å². The smallest absolute Gasteiger partial charge is 0.441 e. The molecule has 4 aliphatic rings. The van der Waals surface area contributed by atoms with Crippen LogP contribution in [0.5, 0.6) is 0 Å². The highest BCUT2D eigenvalue weighted by Gasteiger charge is 2.87. The van der Waals surface area contributed by atoms with Crippen LogP contribution in [0.2, 0.25) is 157 Å². The van der Waals surface area contributed by atoms with E-state index in [0.717, 1.165) is 0 Å². The van der Waals surface area contributed by atoms with Gasteiger partial charge in [0.05, 0.1) is 0 Å². The van der Waals surface area contributed by atoms with Crippen molar-refractivity contribution in [2.75, 3.05) is 0 Å². The molecule has 360 valence electrons. The Hall–Kier alpha value is 2.89. The van der Waals surface area contributed by atoms with Crippen molar-refractivity contribution in [2.24, 2.45) is 0 Å². The second-order valence-electron chi connectivity index (χ2n) is 22.8. The molecule has 0 aromatic carbocycles. The van der Waals surface area contributed by atoms with Crippen molar-refractivity contribution in [2.45, 2.75) is 157 Å². The van der Waals surface area contributed by atoms with E-state index in [4.69, 9.17) is 82.3 Å². The largest absolute Gasteiger partial charge is 0.651 e. The Morgan fingerprint density at radius 3 is 0.770 bits per heavy atom. The van der Waals surface area contributed by atoms with Gasteiger partial charge in [0.1, 0.15) is 0 Å². The molecule has 20 nitrogen and oxygen atoms in total. The third kappa shape index (κ3) is 17.7. The van der Waals surface area contributed by atoms with Gasteiger partial charge in [-0.3, -0.25) is 0 Å². The minimum atomic E-state index is -5.01. The van der Waals surface area contributed by atoms with E-state index in [2.05, 4.69) is 19.6 Å². The summed E-state index contributed by atoms with van der Waals surface area (Å²) in [6.45, 7) is 47.6. The third-order valence-electron chi connectivity index (χ3n) is 6.47. The molecule has 4 unspecified atom stereocenters. The monoisotopic (exact) mass is 1160 g/mol. The molecule has 4 heterocycles. The molecule has 4 rings (SSSR count). The highest BCUT2D eigenvalue weighted by molar-refractivity contribution is 7.01. The first kappa shape index (κ1) is 56.5. The minimum absolute atomic E-state index is 1.96. The van der Waals surface area contributed by atoms with Gasteiger partial charge >= 0.3 is 63.3 Å². The van der Waals surface area contributed by atoms with E-state index in [1.165, 1.54) is 0 Å². The molecule has 0 radical (unpaired) electrons. The lowest BCUT2D eigenvalue weighted by Crippen LogP contribution is -2.88. The van der Waals surface area contributed by atoms with Crippen LogP contribution in [0.1, 0.15) is 0 Å². The molecule has 4 saturated heterocycles. The van der Waals surface area contributed by atoms with Gasteiger partial charge in [-0.05, 0) is 157 Å². The van der Waals surface area contributed by atoms with Crippen molar-refractivity contribution >= 4 is 150 Å². The van der Waals surface area contributed by atoms with Gasteiger partial charge in [-0.15, -0.1) is 0 Å². The van der Waals surface area contributed by atoms with Crippen molar-refractivity contribution < 1.29 is 82.3 Å². The number of hydrogen-bond donors (Lipinski definition) is 0. The number of hydrogen-bond acceptors (Lipinski definition) is 20. The van der Waals surface area contributed by atoms with Gasteiger partial charge in [0.25, 0.3) is 20.0 Å². The lowest BCUT2D eigenvalue weighted by molar-refractivity contribution is -0.0955. The first-order valence-corrected chi connectivity index (χ1v) is 61.5. The summed E-state index contributed by atoms with van der Waals surface area (Å²) in [5, 5.41) is 0. The molecule has 0 aromatic heterocycles. The second-order valence-corrected chi connectivity index (χ2v) is 81.8. The Morgan fingerprint density at radius 2 is 0.525 bits per heavy atom. The summed E-state index contributed by atoms with van der Waals surface area (Å²) in [6, 6.07) is 0. The topological polar surface area (TPSA) is 185 Å². The van der Waals surface area contributed by atoms with Crippen molar-refractivity contribution in [3.63, 3.8) is 0 Å². The Kier molecular flexibility index (Phi) is 16.9. The van der Waals surface area contributed by atoms with E-state index < -0.39 is 150 Å². The summed E-state index contributed by atoms with van der Waals surface area (Å²) in [6.07, 6.45) is 0. The fraction of sp³-hybridized carbons (Fsp3) is 1.00. The summed E-state index contributed by atoms with van der Waals surface area (Å²) < 4.78 is 143. The maximum absolute atomic E-state index is 7.41. The summed E-state index contributed by atoms with van der Waals surface area (Å²) in [7, 11) is -60.2. The van der Waals surface area contributed by atoms with Gasteiger partial charge < -0.3 is 82.3 Å². The molecule has 4 atom stereocenters. The lowest BCUT2D eigenvalue weighted by atomic mass is 11.8. The Labute approximate surface area is 386 Å². The Bertz CT molecular complexity index is 1470. The fourth-order valence-electron chi connectivity index (χ4n) is 5.41. The highest BCUT2D eigenvalue weighted by atomic mass is 28.7. The molecule has 4 fully saturated rings. The second kappa shape index (κ2) is 18.2. The summed E-state index contributed by atoms with van der Waals surface area (Å²) in [4.78, 5) is 0. The first-order chi connectivity index (χ1) is 26.7. The summed E-state index contributed by atoms with van der Waals surface area (Å²) in [5.41, 5.74) is 0. The van der Waals surface area contributed by atoms with Crippen LogP contribution in [0.15, 0.2) is 0 Å². The van der Waals surface area contributed by atoms with E-state index >= 15 is 0 Å². The lowest BCUT2D eigenvalue weighted by Gasteiger charge is -2.57. The summed E-state index contributed by atoms with van der Waals surface area (Å²) in [5.74, 6) is 0. The zero-order valence-corrected chi connectivity index (χ0v) is 58.9. The predicted molar refractivity (Wildman–Crippen MR) is 266 cm³/mol. The SMILES string of the molecule is C[Si](C)(C)O[SiH2]O[Si]1(O[Si](C)(C)C)O[Si]2(O[Si](C)(C)C)O[Si]3(O[Si](C)(C)C)O[SiH2]O[Si]4(O[Si](C)(C)C)O[Si](O[Si](C)(C)C)(O1)O[Si](O[Si](C)(C)C)(O2)O[Si](O[Si](C)(C)C)(O3)O4. The Morgan fingerprint density at radius 1 is 0.295 bits per heavy atom. The van der Waals surface area contributed by atoms with Gasteiger partial charge in [0.2, 0.25) is 0 Å². The van der Waals surface area contributed by atoms with Crippen LogP contribution < -0.4 is 0 Å². The van der Waals surface area contributed by atoms with Crippen LogP contribution in [0.3, 0.4) is 0 Å². The molecule has 61 heavy (non-hydrogen) atoms. The third-order valence-corrected chi connectivity index (χ3v) is 58.2. The van der Waals surface area contributed by atoms with E-state index in [0.29, 0.717) is 0 Å². The number of rotatable bonds is 18. The highest BCUT2D eigenvalue weighted by Crippen LogP contribution is 2.48. The van der Waals surface area contributed by atoms with Crippen molar-refractivity contribution in [3.05, 3.63) is 0 Å². The Balaban J connectivity index is 2.32. The van der Waals surface area contributed by atoms with Gasteiger partial charge in [0.15, 0.2) is 66.5 Å². The van der Waals surface area contributed by atoms with Crippen molar-refractivity contribution in [1.29, 1.82) is 0 Å². The molecular weight excluding hydrogens is 1090 g/mol. The van der Waals surface area contributed by atoms with E-state index in [-0.39, 0.29) is 0 Å². The predicted octanol–water partition coefficient (Wildman–Crippen LogP) is 5.10. The average molecular weight is 1160 g/mol.